The number of nitrogens with one attached hydrogen (secondary N) is 2. The fraction of sp³-hybridized carbons (Fsp3) is 0.550. The fourth-order valence-corrected chi connectivity index (χ4v) is 4.51. The van der Waals surface area contributed by atoms with Gasteiger partial charge in [-0.15, -0.1) is 0 Å². The van der Waals surface area contributed by atoms with Gasteiger partial charge in [0.15, 0.2) is 0 Å². The van der Waals surface area contributed by atoms with Gasteiger partial charge in [0.25, 0.3) is 0 Å². The number of fused-ring (bicyclic) bond motifs is 2. The van der Waals surface area contributed by atoms with Gasteiger partial charge in [-0.1, -0.05) is 18.9 Å². The van der Waals surface area contributed by atoms with Crippen molar-refractivity contribution in [2.24, 2.45) is 11.8 Å². The van der Waals surface area contributed by atoms with Gasteiger partial charge in [-0.05, 0) is 43.0 Å². The van der Waals surface area contributed by atoms with Crippen LogP contribution in [0.15, 0.2) is 12.1 Å². The summed E-state index contributed by atoms with van der Waals surface area (Å²) in [5, 5.41) is 5.78. The minimum Gasteiger partial charge on any atom is -0.324 e. The number of rotatable bonds is 4. The largest absolute Gasteiger partial charge is 0.324 e. The van der Waals surface area contributed by atoms with Crippen molar-refractivity contribution >= 4 is 23.4 Å². The maximum Gasteiger partial charge on any atom is 0.233 e. The van der Waals surface area contributed by atoms with Crippen LogP contribution >= 0.6 is 0 Å². The SMILES string of the molecule is O=C(CCN1C(=O)C2CCCCC2C1=O)Nc1ccc2c(c1F)CCNC2. The van der Waals surface area contributed by atoms with E-state index < -0.39 is 5.91 Å². The van der Waals surface area contributed by atoms with Crippen LogP contribution in [0.1, 0.15) is 43.2 Å². The number of amides is 3. The van der Waals surface area contributed by atoms with Crippen LogP contribution in [0.4, 0.5) is 10.1 Å². The Morgan fingerprint density at radius 1 is 1.19 bits per heavy atom. The van der Waals surface area contributed by atoms with Crippen molar-refractivity contribution in [3.05, 3.63) is 29.1 Å². The number of imide groups is 1. The molecule has 144 valence electrons. The van der Waals surface area contributed by atoms with Crippen molar-refractivity contribution in [3.63, 3.8) is 0 Å². The van der Waals surface area contributed by atoms with Crippen LogP contribution in [0, 0.1) is 17.7 Å². The molecular weight excluding hydrogens is 349 g/mol. The molecule has 1 aromatic carbocycles. The number of anilines is 1. The number of carbonyl (C=O) groups is 3. The fourth-order valence-electron chi connectivity index (χ4n) is 4.51. The van der Waals surface area contributed by atoms with Crippen LogP contribution in [0.25, 0.3) is 0 Å². The zero-order valence-electron chi connectivity index (χ0n) is 15.2. The molecule has 2 unspecified atom stereocenters. The second-order valence-electron chi connectivity index (χ2n) is 7.62. The highest BCUT2D eigenvalue weighted by Crippen LogP contribution is 2.38. The summed E-state index contributed by atoms with van der Waals surface area (Å²) in [7, 11) is 0. The number of carbonyl (C=O) groups excluding carboxylic acids is 3. The van der Waals surface area contributed by atoms with Crippen molar-refractivity contribution in [1.29, 1.82) is 0 Å². The van der Waals surface area contributed by atoms with E-state index in [2.05, 4.69) is 10.6 Å². The molecule has 0 bridgehead atoms. The Morgan fingerprint density at radius 2 is 1.89 bits per heavy atom. The van der Waals surface area contributed by atoms with Gasteiger partial charge in [-0.3, -0.25) is 19.3 Å². The Morgan fingerprint density at radius 3 is 2.59 bits per heavy atom. The Balaban J connectivity index is 1.38. The molecule has 1 saturated heterocycles. The van der Waals surface area contributed by atoms with Crippen molar-refractivity contribution in [2.75, 3.05) is 18.4 Å². The molecule has 1 aromatic rings. The molecule has 2 atom stereocenters. The van der Waals surface area contributed by atoms with E-state index in [0.717, 1.165) is 31.2 Å². The topological polar surface area (TPSA) is 78.5 Å². The summed E-state index contributed by atoms with van der Waals surface area (Å²) in [5.41, 5.74) is 1.71. The van der Waals surface area contributed by atoms with E-state index >= 15 is 0 Å². The lowest BCUT2D eigenvalue weighted by atomic mass is 9.81. The molecule has 27 heavy (non-hydrogen) atoms. The van der Waals surface area contributed by atoms with Gasteiger partial charge in [-0.25, -0.2) is 4.39 Å². The van der Waals surface area contributed by atoms with Crippen LogP contribution in [0.5, 0.6) is 0 Å². The van der Waals surface area contributed by atoms with E-state index in [4.69, 9.17) is 0 Å². The number of benzene rings is 1. The monoisotopic (exact) mass is 373 g/mol. The number of nitrogens with zero attached hydrogens (tertiary/aromatic N) is 1. The van der Waals surface area contributed by atoms with Crippen LogP contribution in [0.3, 0.4) is 0 Å². The highest BCUT2D eigenvalue weighted by Gasteiger charge is 2.47. The molecule has 0 spiro atoms. The third-order valence-corrected chi connectivity index (χ3v) is 5.98. The minimum atomic E-state index is -0.391. The molecule has 4 rings (SSSR count). The Bertz CT molecular complexity index is 771. The van der Waals surface area contributed by atoms with Crippen molar-refractivity contribution in [2.45, 2.75) is 45.1 Å². The predicted molar refractivity (Wildman–Crippen MR) is 97.2 cm³/mol. The van der Waals surface area contributed by atoms with E-state index in [1.165, 1.54) is 4.90 Å². The average molecular weight is 373 g/mol. The van der Waals surface area contributed by atoms with E-state index in [-0.39, 0.29) is 48.1 Å². The van der Waals surface area contributed by atoms with Gasteiger partial charge in [0.05, 0.1) is 17.5 Å². The molecule has 1 saturated carbocycles. The molecule has 2 N–H and O–H groups in total. The highest BCUT2D eigenvalue weighted by atomic mass is 19.1. The zero-order valence-corrected chi connectivity index (χ0v) is 15.2. The summed E-state index contributed by atoms with van der Waals surface area (Å²) >= 11 is 0. The van der Waals surface area contributed by atoms with E-state index in [0.29, 0.717) is 25.1 Å². The Labute approximate surface area is 157 Å². The van der Waals surface area contributed by atoms with Gasteiger partial charge >= 0.3 is 0 Å². The third-order valence-electron chi connectivity index (χ3n) is 5.98. The van der Waals surface area contributed by atoms with Gasteiger partial charge < -0.3 is 10.6 Å². The summed E-state index contributed by atoms with van der Waals surface area (Å²) < 4.78 is 14.6. The molecule has 7 heteroatoms. The first-order valence-corrected chi connectivity index (χ1v) is 9.72. The third kappa shape index (κ3) is 3.36. The normalized spacial score (nSPS) is 24.6. The highest BCUT2D eigenvalue weighted by molar-refractivity contribution is 6.05. The molecule has 6 nitrogen and oxygen atoms in total. The molecule has 2 aliphatic heterocycles. The molecule has 0 radical (unpaired) electrons. The zero-order chi connectivity index (χ0) is 19.0. The van der Waals surface area contributed by atoms with E-state index in [1.54, 1.807) is 6.07 Å². The second-order valence-corrected chi connectivity index (χ2v) is 7.62. The number of hydrogen-bond donors (Lipinski definition) is 2. The Kier molecular flexibility index (Phi) is 4.95. The summed E-state index contributed by atoms with van der Waals surface area (Å²) in [5.74, 6) is -1.49. The predicted octanol–water partition coefficient (Wildman–Crippen LogP) is 1.98. The van der Waals surface area contributed by atoms with Crippen molar-refractivity contribution in [3.8, 4) is 0 Å². The lowest BCUT2D eigenvalue weighted by molar-refractivity contribution is -0.140. The molecule has 3 aliphatic rings. The lowest BCUT2D eigenvalue weighted by Gasteiger charge is -2.19. The summed E-state index contributed by atoms with van der Waals surface area (Å²) in [4.78, 5) is 38.4. The van der Waals surface area contributed by atoms with Gasteiger partial charge in [0.2, 0.25) is 17.7 Å². The Hall–Kier alpha value is -2.28. The number of hydrogen-bond acceptors (Lipinski definition) is 4. The van der Waals surface area contributed by atoms with E-state index in [9.17, 15) is 18.8 Å². The van der Waals surface area contributed by atoms with Crippen LogP contribution in [-0.2, 0) is 27.3 Å². The summed E-state index contributed by atoms with van der Waals surface area (Å²) in [6, 6.07) is 3.39. The number of halogens is 1. The van der Waals surface area contributed by atoms with Crippen LogP contribution < -0.4 is 10.6 Å². The quantitative estimate of drug-likeness (QED) is 0.791. The summed E-state index contributed by atoms with van der Waals surface area (Å²) in [6.07, 6.45) is 4.03. The molecule has 2 heterocycles. The molecular formula is C20H24FN3O3. The first-order valence-electron chi connectivity index (χ1n) is 9.72. The number of likely N-dealkylation sites (tertiary alicyclic amines) is 1. The summed E-state index contributed by atoms with van der Waals surface area (Å²) in [6.45, 7) is 1.40. The van der Waals surface area contributed by atoms with Gasteiger partial charge in [-0.2, -0.15) is 0 Å². The first kappa shape index (κ1) is 18.1. The maximum absolute atomic E-state index is 14.6. The average Bonchev–Trinajstić information content (AvgIpc) is 2.93. The first-order chi connectivity index (χ1) is 13.1. The molecule has 2 fully saturated rings. The molecule has 3 amide bonds. The smallest absolute Gasteiger partial charge is 0.233 e. The maximum atomic E-state index is 14.6. The minimum absolute atomic E-state index is 0.0188. The lowest BCUT2D eigenvalue weighted by Crippen LogP contribution is -2.34. The standard InChI is InChI=1S/C20H24FN3O3/c21-18-13-7-9-22-11-12(13)5-6-16(18)23-17(25)8-10-24-19(26)14-3-1-2-4-15(14)20(24)27/h5-6,14-15,22H,1-4,7-11H2,(H,23,25). The molecule has 0 aromatic heterocycles. The molecule has 1 aliphatic carbocycles. The second kappa shape index (κ2) is 7.38. The van der Waals surface area contributed by atoms with Crippen LogP contribution in [0.2, 0.25) is 0 Å². The van der Waals surface area contributed by atoms with Gasteiger partial charge in [0, 0.05) is 19.5 Å². The van der Waals surface area contributed by atoms with Gasteiger partial charge in [0.1, 0.15) is 5.82 Å². The van der Waals surface area contributed by atoms with Crippen molar-refractivity contribution in [1.82, 2.24) is 10.2 Å². The van der Waals surface area contributed by atoms with Crippen molar-refractivity contribution < 1.29 is 18.8 Å². The van der Waals surface area contributed by atoms with E-state index in [1.807, 2.05) is 6.07 Å². The van der Waals surface area contributed by atoms with Crippen LogP contribution in [-0.4, -0.2) is 35.7 Å².